The third-order valence-electron chi connectivity index (χ3n) is 3.31. The number of halogens is 1. The average molecular weight is 268 g/mol. The van der Waals surface area contributed by atoms with E-state index in [1.54, 1.807) is 0 Å². The number of hydrogen-bond acceptors (Lipinski definition) is 1. The summed E-state index contributed by atoms with van der Waals surface area (Å²) in [4.78, 5) is 0. The van der Waals surface area contributed by atoms with Gasteiger partial charge in [0, 0.05) is 10.5 Å². The lowest BCUT2D eigenvalue weighted by atomic mass is 9.85. The van der Waals surface area contributed by atoms with Crippen LogP contribution in [0.2, 0.25) is 0 Å². The Morgan fingerprint density at radius 3 is 2.53 bits per heavy atom. The second-order valence-electron chi connectivity index (χ2n) is 4.48. The molecule has 0 saturated heterocycles. The van der Waals surface area contributed by atoms with Gasteiger partial charge >= 0.3 is 0 Å². The largest absolute Gasteiger partial charge is 0.310 e. The van der Waals surface area contributed by atoms with Crippen molar-refractivity contribution in [2.45, 2.75) is 32.2 Å². The summed E-state index contributed by atoms with van der Waals surface area (Å²) in [5.74, 6) is 0.933. The van der Waals surface area contributed by atoms with E-state index in [-0.39, 0.29) is 0 Å². The SMILES string of the molecule is C[C@H](NCC1CCC1)c1ccc(Br)cc1. The molecule has 0 heterocycles. The van der Waals surface area contributed by atoms with Gasteiger partial charge in [-0.1, -0.05) is 34.5 Å². The van der Waals surface area contributed by atoms with Crippen LogP contribution >= 0.6 is 15.9 Å². The molecule has 1 N–H and O–H groups in total. The van der Waals surface area contributed by atoms with E-state index < -0.39 is 0 Å². The number of hydrogen-bond donors (Lipinski definition) is 1. The topological polar surface area (TPSA) is 12.0 Å². The molecule has 82 valence electrons. The zero-order chi connectivity index (χ0) is 10.7. The monoisotopic (exact) mass is 267 g/mol. The van der Waals surface area contributed by atoms with Gasteiger partial charge in [-0.05, 0) is 49.9 Å². The summed E-state index contributed by atoms with van der Waals surface area (Å²) in [6, 6.07) is 9.05. The van der Waals surface area contributed by atoms with E-state index in [4.69, 9.17) is 0 Å². The first-order valence-corrected chi connectivity index (χ1v) is 6.54. The summed E-state index contributed by atoms with van der Waals surface area (Å²) in [6.07, 6.45) is 4.26. The standard InChI is InChI=1S/C13H18BrN/c1-10(15-9-11-3-2-4-11)12-5-7-13(14)8-6-12/h5-8,10-11,15H,2-4,9H2,1H3/t10-/m0/s1. The lowest BCUT2D eigenvalue weighted by Gasteiger charge is -2.27. The summed E-state index contributed by atoms with van der Waals surface area (Å²) >= 11 is 3.46. The van der Waals surface area contributed by atoms with Crippen LogP contribution in [0.25, 0.3) is 0 Å². The Hall–Kier alpha value is -0.340. The highest BCUT2D eigenvalue weighted by atomic mass is 79.9. The molecule has 1 saturated carbocycles. The van der Waals surface area contributed by atoms with Gasteiger partial charge < -0.3 is 5.32 Å². The van der Waals surface area contributed by atoms with Crippen LogP contribution in [0.3, 0.4) is 0 Å². The maximum Gasteiger partial charge on any atom is 0.0291 e. The van der Waals surface area contributed by atoms with Crippen molar-refractivity contribution in [1.29, 1.82) is 0 Å². The Kier molecular flexibility index (Phi) is 3.81. The van der Waals surface area contributed by atoms with Gasteiger partial charge in [-0.25, -0.2) is 0 Å². The highest BCUT2D eigenvalue weighted by Gasteiger charge is 2.17. The lowest BCUT2D eigenvalue weighted by molar-refractivity contribution is 0.292. The molecule has 0 aliphatic heterocycles. The molecule has 1 fully saturated rings. The van der Waals surface area contributed by atoms with E-state index in [0.29, 0.717) is 6.04 Å². The molecule has 0 aromatic heterocycles. The van der Waals surface area contributed by atoms with Crippen LogP contribution < -0.4 is 5.32 Å². The minimum atomic E-state index is 0.471. The van der Waals surface area contributed by atoms with E-state index in [2.05, 4.69) is 52.4 Å². The molecule has 0 unspecified atom stereocenters. The third-order valence-corrected chi connectivity index (χ3v) is 3.84. The van der Waals surface area contributed by atoms with Gasteiger partial charge in [0.15, 0.2) is 0 Å². The highest BCUT2D eigenvalue weighted by molar-refractivity contribution is 9.10. The van der Waals surface area contributed by atoms with Gasteiger partial charge in [-0.15, -0.1) is 0 Å². The lowest BCUT2D eigenvalue weighted by Crippen LogP contribution is -2.29. The molecule has 0 bridgehead atoms. The molecule has 1 aromatic rings. The molecular formula is C13H18BrN. The second kappa shape index (κ2) is 5.13. The smallest absolute Gasteiger partial charge is 0.0291 e. The number of nitrogens with one attached hydrogen (secondary N) is 1. The molecule has 1 aliphatic carbocycles. The first-order chi connectivity index (χ1) is 7.25. The van der Waals surface area contributed by atoms with Crippen molar-refractivity contribution >= 4 is 15.9 Å². The van der Waals surface area contributed by atoms with Crippen LogP contribution in [-0.2, 0) is 0 Å². The zero-order valence-corrected chi connectivity index (χ0v) is 10.8. The molecule has 15 heavy (non-hydrogen) atoms. The third kappa shape index (κ3) is 3.05. The van der Waals surface area contributed by atoms with Crippen LogP contribution in [0.15, 0.2) is 28.7 Å². The van der Waals surface area contributed by atoms with Gasteiger partial charge in [-0.2, -0.15) is 0 Å². The van der Waals surface area contributed by atoms with E-state index >= 15 is 0 Å². The van der Waals surface area contributed by atoms with Crippen molar-refractivity contribution in [3.05, 3.63) is 34.3 Å². The highest BCUT2D eigenvalue weighted by Crippen LogP contribution is 2.26. The van der Waals surface area contributed by atoms with Crippen LogP contribution in [0.4, 0.5) is 0 Å². The Labute approximate surface area is 100 Å². The maximum atomic E-state index is 3.60. The number of rotatable bonds is 4. The van der Waals surface area contributed by atoms with E-state index in [1.807, 2.05) is 0 Å². The normalized spacial score (nSPS) is 18.5. The van der Waals surface area contributed by atoms with E-state index in [9.17, 15) is 0 Å². The molecule has 1 nitrogen and oxygen atoms in total. The van der Waals surface area contributed by atoms with Crippen molar-refractivity contribution < 1.29 is 0 Å². The number of benzene rings is 1. The first-order valence-electron chi connectivity index (χ1n) is 5.74. The molecule has 2 heteroatoms. The van der Waals surface area contributed by atoms with Crippen LogP contribution in [0, 0.1) is 5.92 Å². The fourth-order valence-electron chi connectivity index (χ4n) is 1.91. The summed E-state index contributed by atoms with van der Waals surface area (Å²) in [5, 5.41) is 3.60. The van der Waals surface area contributed by atoms with Gasteiger partial charge in [0.1, 0.15) is 0 Å². The van der Waals surface area contributed by atoms with Crippen molar-refractivity contribution in [2.24, 2.45) is 5.92 Å². The maximum absolute atomic E-state index is 3.60. The molecule has 2 rings (SSSR count). The van der Waals surface area contributed by atoms with Crippen LogP contribution in [-0.4, -0.2) is 6.54 Å². The van der Waals surface area contributed by atoms with Gasteiger partial charge in [0.2, 0.25) is 0 Å². The molecule has 0 spiro atoms. The van der Waals surface area contributed by atoms with Gasteiger partial charge in [-0.3, -0.25) is 0 Å². The van der Waals surface area contributed by atoms with E-state index in [0.717, 1.165) is 10.4 Å². The fraction of sp³-hybridized carbons (Fsp3) is 0.538. The van der Waals surface area contributed by atoms with Crippen molar-refractivity contribution in [2.75, 3.05) is 6.54 Å². The first kappa shape index (κ1) is 11.2. The Bertz CT molecular complexity index is 303. The summed E-state index contributed by atoms with van der Waals surface area (Å²) in [7, 11) is 0. The quantitative estimate of drug-likeness (QED) is 0.873. The Balaban J connectivity index is 1.83. The molecule has 1 aromatic carbocycles. The summed E-state index contributed by atoms with van der Waals surface area (Å²) in [6.45, 7) is 3.42. The predicted octanol–water partition coefficient (Wildman–Crippen LogP) is 3.90. The molecule has 1 aliphatic rings. The van der Waals surface area contributed by atoms with Crippen molar-refractivity contribution in [1.82, 2.24) is 5.32 Å². The Morgan fingerprint density at radius 1 is 1.33 bits per heavy atom. The van der Waals surface area contributed by atoms with Crippen LogP contribution in [0.1, 0.15) is 37.8 Å². The summed E-state index contributed by atoms with van der Waals surface area (Å²) in [5.41, 5.74) is 1.37. The van der Waals surface area contributed by atoms with Crippen LogP contribution in [0.5, 0.6) is 0 Å². The zero-order valence-electron chi connectivity index (χ0n) is 9.17. The molecule has 0 radical (unpaired) electrons. The van der Waals surface area contributed by atoms with Gasteiger partial charge in [0.25, 0.3) is 0 Å². The summed E-state index contributed by atoms with van der Waals surface area (Å²) < 4.78 is 1.15. The predicted molar refractivity (Wildman–Crippen MR) is 67.9 cm³/mol. The van der Waals surface area contributed by atoms with Crippen molar-refractivity contribution in [3.8, 4) is 0 Å². The Morgan fingerprint density at radius 2 is 2.00 bits per heavy atom. The molecule has 1 atom stereocenters. The molecule has 0 amide bonds. The minimum absolute atomic E-state index is 0.471. The van der Waals surface area contributed by atoms with E-state index in [1.165, 1.54) is 31.4 Å². The second-order valence-corrected chi connectivity index (χ2v) is 5.39. The fourth-order valence-corrected chi connectivity index (χ4v) is 2.17. The average Bonchev–Trinajstić information content (AvgIpc) is 2.16. The van der Waals surface area contributed by atoms with Crippen molar-refractivity contribution in [3.63, 3.8) is 0 Å². The molecular weight excluding hydrogens is 250 g/mol. The van der Waals surface area contributed by atoms with Gasteiger partial charge in [0.05, 0.1) is 0 Å². The minimum Gasteiger partial charge on any atom is -0.310 e.